The van der Waals surface area contributed by atoms with Crippen LogP contribution in [0.5, 0.6) is 11.5 Å². The van der Waals surface area contributed by atoms with Crippen LogP contribution in [0.3, 0.4) is 0 Å². The van der Waals surface area contributed by atoms with Crippen molar-refractivity contribution in [2.24, 2.45) is 0 Å². The van der Waals surface area contributed by atoms with Crippen LogP contribution in [0.25, 0.3) is 0 Å². The van der Waals surface area contributed by atoms with Crippen LogP contribution >= 0.6 is 11.6 Å². The number of hydrogen-bond donors (Lipinski definition) is 0. The van der Waals surface area contributed by atoms with Crippen LogP contribution < -0.4 is 8.92 Å². The minimum atomic E-state index is -5.97. The van der Waals surface area contributed by atoms with Crippen molar-refractivity contribution in [2.45, 2.75) is 36.3 Å². The van der Waals surface area contributed by atoms with Gasteiger partial charge in [0.25, 0.3) is 10.1 Å². The highest BCUT2D eigenvalue weighted by Gasteiger charge is 2.50. The van der Waals surface area contributed by atoms with Crippen LogP contribution in [0.4, 0.5) is 13.2 Å². The lowest BCUT2D eigenvalue weighted by Crippen LogP contribution is -2.37. The van der Waals surface area contributed by atoms with Crippen molar-refractivity contribution in [3.63, 3.8) is 0 Å². The van der Waals surface area contributed by atoms with E-state index in [0.717, 1.165) is 11.6 Å². The SMILES string of the molecule is Cc1ccc(S(=O)(=O)OCC2(C)Cc3cc(Cl)cc(OS(=O)(=O)C(F)(F)F)c3O2)cc1. The Bertz CT molecular complexity index is 1210. The lowest BCUT2D eigenvalue weighted by Gasteiger charge is -2.23. The van der Waals surface area contributed by atoms with Gasteiger partial charge in [0.2, 0.25) is 0 Å². The smallest absolute Gasteiger partial charge is 0.481 e. The van der Waals surface area contributed by atoms with E-state index < -0.39 is 43.7 Å². The van der Waals surface area contributed by atoms with Gasteiger partial charge in [-0.15, -0.1) is 0 Å². The number of ether oxygens (including phenoxy) is 1. The van der Waals surface area contributed by atoms with Crippen LogP contribution in [0, 0.1) is 6.92 Å². The number of aryl methyl sites for hydroxylation is 1. The van der Waals surface area contributed by atoms with Crippen molar-refractivity contribution in [3.05, 3.63) is 52.5 Å². The largest absolute Gasteiger partial charge is 0.534 e. The number of benzene rings is 2. The van der Waals surface area contributed by atoms with E-state index in [1.807, 2.05) is 0 Å². The maximum absolute atomic E-state index is 12.7. The summed E-state index contributed by atoms with van der Waals surface area (Å²) in [6.07, 6.45) is -0.0191. The summed E-state index contributed by atoms with van der Waals surface area (Å²) in [4.78, 5) is -0.0828. The maximum atomic E-state index is 12.7. The third-order valence-corrected chi connectivity index (χ3v) is 6.78. The molecule has 0 saturated carbocycles. The zero-order valence-electron chi connectivity index (χ0n) is 16.1. The molecule has 31 heavy (non-hydrogen) atoms. The van der Waals surface area contributed by atoms with E-state index in [0.29, 0.717) is 0 Å². The molecule has 0 N–H and O–H groups in total. The van der Waals surface area contributed by atoms with Crippen molar-refractivity contribution in [2.75, 3.05) is 6.61 Å². The molecular formula is C18H16ClF3O7S2. The van der Waals surface area contributed by atoms with Gasteiger partial charge in [0.1, 0.15) is 12.2 Å². The molecule has 2 aromatic rings. The van der Waals surface area contributed by atoms with E-state index in [-0.39, 0.29) is 27.7 Å². The summed E-state index contributed by atoms with van der Waals surface area (Å²) in [6.45, 7) is 2.74. The van der Waals surface area contributed by atoms with Crippen LogP contribution in [0.15, 0.2) is 41.3 Å². The summed E-state index contributed by atoms with van der Waals surface area (Å²) in [6, 6.07) is 8.12. The maximum Gasteiger partial charge on any atom is 0.534 e. The molecule has 7 nitrogen and oxygen atoms in total. The van der Waals surface area contributed by atoms with Crippen molar-refractivity contribution in [1.82, 2.24) is 0 Å². The third kappa shape index (κ3) is 5.08. The molecule has 0 aliphatic carbocycles. The molecule has 1 heterocycles. The van der Waals surface area contributed by atoms with Crippen LogP contribution in [0.2, 0.25) is 5.02 Å². The highest BCUT2D eigenvalue weighted by atomic mass is 35.5. The Labute approximate surface area is 181 Å². The molecule has 1 aliphatic rings. The van der Waals surface area contributed by atoms with Gasteiger partial charge in [0.05, 0.1) is 4.90 Å². The fraction of sp³-hybridized carbons (Fsp3) is 0.333. The molecule has 170 valence electrons. The number of hydrogen-bond acceptors (Lipinski definition) is 7. The van der Waals surface area contributed by atoms with Crippen molar-refractivity contribution in [3.8, 4) is 11.5 Å². The summed E-state index contributed by atoms with van der Waals surface area (Å²) in [5.41, 5.74) is -5.92. The highest BCUT2D eigenvalue weighted by Crippen LogP contribution is 2.45. The molecule has 1 atom stereocenters. The summed E-state index contributed by atoms with van der Waals surface area (Å²) in [5.74, 6) is -1.05. The first kappa shape index (κ1) is 23.6. The molecule has 13 heteroatoms. The minimum Gasteiger partial charge on any atom is -0.481 e. The molecule has 0 spiro atoms. The standard InChI is InChI=1S/C18H16ClF3O7S2/c1-11-3-5-14(6-4-11)30(23,24)27-10-17(2)9-12-7-13(19)8-15(16(12)28-17)29-31(25,26)18(20,21)22/h3-8H,9-10H2,1-2H3. The lowest BCUT2D eigenvalue weighted by molar-refractivity contribution is -0.0501. The van der Waals surface area contributed by atoms with E-state index >= 15 is 0 Å². The fourth-order valence-electron chi connectivity index (χ4n) is 2.84. The number of fused-ring (bicyclic) bond motifs is 1. The van der Waals surface area contributed by atoms with Gasteiger partial charge in [-0.05, 0) is 32.0 Å². The van der Waals surface area contributed by atoms with Crippen molar-refractivity contribution in [1.29, 1.82) is 0 Å². The van der Waals surface area contributed by atoms with Gasteiger partial charge < -0.3 is 8.92 Å². The lowest BCUT2D eigenvalue weighted by atomic mass is 10.0. The molecule has 1 aliphatic heterocycles. The van der Waals surface area contributed by atoms with E-state index in [1.165, 1.54) is 25.1 Å². The van der Waals surface area contributed by atoms with E-state index in [9.17, 15) is 30.0 Å². The Balaban J connectivity index is 1.83. The predicted octanol–water partition coefficient (Wildman–Crippen LogP) is 3.98. The Hall–Kier alpha value is -2.02. The van der Waals surface area contributed by atoms with Gasteiger partial charge >= 0.3 is 15.6 Å². The van der Waals surface area contributed by atoms with Crippen molar-refractivity contribution >= 4 is 31.8 Å². The zero-order chi connectivity index (χ0) is 23.2. The molecule has 0 fully saturated rings. The summed E-state index contributed by atoms with van der Waals surface area (Å²) in [7, 11) is -10.1. The van der Waals surface area contributed by atoms with E-state index in [1.54, 1.807) is 19.1 Å². The molecular weight excluding hydrogens is 485 g/mol. The molecule has 0 bridgehead atoms. The van der Waals surface area contributed by atoms with Gasteiger partial charge in [-0.2, -0.15) is 30.0 Å². The molecule has 0 amide bonds. The predicted molar refractivity (Wildman–Crippen MR) is 104 cm³/mol. The van der Waals surface area contributed by atoms with Crippen LogP contribution in [-0.4, -0.2) is 34.6 Å². The summed E-state index contributed by atoms with van der Waals surface area (Å²) >= 11 is 5.87. The summed E-state index contributed by atoms with van der Waals surface area (Å²) < 4.78 is 100. The average molecular weight is 501 g/mol. The molecule has 0 radical (unpaired) electrons. The average Bonchev–Trinajstić information content (AvgIpc) is 2.96. The highest BCUT2D eigenvalue weighted by molar-refractivity contribution is 7.88. The fourth-order valence-corrected chi connectivity index (χ4v) is 4.53. The van der Waals surface area contributed by atoms with Crippen LogP contribution in [0.1, 0.15) is 18.1 Å². The number of alkyl halides is 3. The second kappa shape index (κ2) is 7.84. The monoisotopic (exact) mass is 500 g/mol. The number of halogens is 4. The van der Waals surface area contributed by atoms with Gasteiger partial charge in [-0.1, -0.05) is 29.3 Å². The molecule has 1 unspecified atom stereocenters. The molecule has 2 aromatic carbocycles. The van der Waals surface area contributed by atoms with Gasteiger partial charge in [0.15, 0.2) is 11.5 Å². The molecule has 0 aromatic heterocycles. The first-order chi connectivity index (χ1) is 14.1. The Kier molecular flexibility index (Phi) is 5.98. The minimum absolute atomic E-state index is 0.0191. The normalized spacial score (nSPS) is 19.0. The quantitative estimate of drug-likeness (QED) is 0.437. The second-order valence-corrected chi connectivity index (χ2v) is 10.7. The van der Waals surface area contributed by atoms with Gasteiger partial charge in [-0.25, -0.2) is 0 Å². The van der Waals surface area contributed by atoms with E-state index in [4.69, 9.17) is 20.5 Å². The first-order valence-electron chi connectivity index (χ1n) is 8.60. The number of rotatable bonds is 6. The van der Waals surface area contributed by atoms with Crippen molar-refractivity contribution < 1.29 is 43.1 Å². The topological polar surface area (TPSA) is 96.0 Å². The van der Waals surface area contributed by atoms with Gasteiger partial charge in [0, 0.05) is 23.1 Å². The second-order valence-electron chi connectivity index (χ2n) is 7.13. The van der Waals surface area contributed by atoms with E-state index in [2.05, 4.69) is 4.18 Å². The van der Waals surface area contributed by atoms with Gasteiger partial charge in [-0.3, -0.25) is 4.18 Å². The Morgan fingerprint density at radius 3 is 2.32 bits per heavy atom. The first-order valence-corrected chi connectivity index (χ1v) is 11.8. The third-order valence-electron chi connectivity index (χ3n) is 4.32. The molecule has 0 saturated heterocycles. The Morgan fingerprint density at radius 1 is 1.13 bits per heavy atom. The Morgan fingerprint density at radius 2 is 1.74 bits per heavy atom. The summed E-state index contributed by atoms with van der Waals surface area (Å²) in [5, 5.41) is -0.0906. The van der Waals surface area contributed by atoms with Crippen LogP contribution in [-0.2, 0) is 30.8 Å². The zero-order valence-corrected chi connectivity index (χ0v) is 18.5. The molecule has 3 rings (SSSR count).